The number of nitrogen functional groups attached to an aromatic ring is 1. The number of hydrogen-bond donors (Lipinski definition) is 1. The third kappa shape index (κ3) is 4.31. The Morgan fingerprint density at radius 3 is 2.95 bits per heavy atom. The molecule has 2 rings (SSSR count). The zero-order valence-corrected chi connectivity index (χ0v) is 13.4. The second-order valence-electron chi connectivity index (χ2n) is 4.55. The van der Waals surface area contributed by atoms with Crippen molar-refractivity contribution in [3.8, 4) is 0 Å². The highest BCUT2D eigenvalue weighted by Crippen LogP contribution is 2.25. The van der Waals surface area contributed by atoms with Crippen LogP contribution in [0, 0.1) is 0 Å². The van der Waals surface area contributed by atoms with Gasteiger partial charge in [-0.3, -0.25) is 4.79 Å². The van der Waals surface area contributed by atoms with Gasteiger partial charge in [-0.25, -0.2) is 4.79 Å². The summed E-state index contributed by atoms with van der Waals surface area (Å²) >= 11 is 2.54. The van der Waals surface area contributed by atoms with E-state index < -0.39 is 6.04 Å². The molecule has 7 nitrogen and oxygen atoms in total. The third-order valence-corrected chi connectivity index (χ3v) is 4.99. The molecule has 1 aromatic heterocycles. The van der Waals surface area contributed by atoms with Crippen LogP contribution < -0.4 is 5.73 Å². The van der Waals surface area contributed by atoms with E-state index in [9.17, 15) is 9.59 Å². The summed E-state index contributed by atoms with van der Waals surface area (Å²) in [6.07, 6.45) is 2.52. The summed E-state index contributed by atoms with van der Waals surface area (Å²) in [4.78, 5) is 25.9. The minimum Gasteiger partial charge on any atom is -0.464 e. The zero-order chi connectivity index (χ0) is 15.2. The van der Waals surface area contributed by atoms with Crippen LogP contribution in [0.4, 0.5) is 5.13 Å². The molecule has 1 fully saturated rings. The van der Waals surface area contributed by atoms with Crippen LogP contribution in [0.3, 0.4) is 0 Å². The molecule has 1 atom stereocenters. The number of carbonyl (C=O) groups excluding carboxylic acids is 2. The highest BCUT2D eigenvalue weighted by molar-refractivity contribution is 8.01. The number of ether oxygens (including phenoxy) is 1. The Labute approximate surface area is 131 Å². The zero-order valence-electron chi connectivity index (χ0n) is 11.8. The second kappa shape index (κ2) is 7.60. The molecule has 1 aromatic rings. The number of esters is 1. The van der Waals surface area contributed by atoms with Gasteiger partial charge in [0, 0.05) is 6.54 Å². The number of thioether (sulfide) groups is 1. The molecular formula is C12H18N4O3S2. The first-order valence-corrected chi connectivity index (χ1v) is 8.60. The van der Waals surface area contributed by atoms with Gasteiger partial charge in [0.1, 0.15) is 6.04 Å². The lowest BCUT2D eigenvalue weighted by Crippen LogP contribution is -2.49. The van der Waals surface area contributed by atoms with E-state index in [1.165, 1.54) is 23.1 Å². The standard InChI is InChI=1S/C12H18N4O3S2/c1-2-19-10(18)8-5-3-4-6-16(8)9(17)7-20-12-15-14-11(13)21-12/h8H,2-7H2,1H3,(H2,13,14)/t8-/m1/s1. The maximum absolute atomic E-state index is 12.3. The number of hydrogen-bond acceptors (Lipinski definition) is 8. The van der Waals surface area contributed by atoms with Gasteiger partial charge in [0.05, 0.1) is 12.4 Å². The molecule has 9 heteroatoms. The molecule has 0 bridgehead atoms. The molecule has 2 N–H and O–H groups in total. The van der Waals surface area contributed by atoms with Crippen molar-refractivity contribution < 1.29 is 14.3 Å². The van der Waals surface area contributed by atoms with Crippen molar-refractivity contribution >= 4 is 40.1 Å². The van der Waals surface area contributed by atoms with E-state index >= 15 is 0 Å². The molecule has 0 radical (unpaired) electrons. The van der Waals surface area contributed by atoms with E-state index in [0.717, 1.165) is 12.8 Å². The largest absolute Gasteiger partial charge is 0.464 e. The monoisotopic (exact) mass is 330 g/mol. The van der Waals surface area contributed by atoms with Gasteiger partial charge >= 0.3 is 5.97 Å². The molecule has 1 saturated heterocycles. The fourth-order valence-electron chi connectivity index (χ4n) is 2.20. The first-order valence-electron chi connectivity index (χ1n) is 6.79. The smallest absolute Gasteiger partial charge is 0.328 e. The molecule has 0 unspecified atom stereocenters. The Morgan fingerprint density at radius 2 is 2.29 bits per heavy atom. The highest BCUT2D eigenvalue weighted by Gasteiger charge is 2.33. The minimum atomic E-state index is -0.453. The van der Waals surface area contributed by atoms with Crippen LogP contribution in [0.1, 0.15) is 26.2 Å². The lowest BCUT2D eigenvalue weighted by Gasteiger charge is -2.33. The number of carbonyl (C=O) groups is 2. The molecule has 2 heterocycles. The Hall–Kier alpha value is -1.35. The van der Waals surface area contributed by atoms with Gasteiger partial charge in [-0.15, -0.1) is 10.2 Å². The summed E-state index contributed by atoms with van der Waals surface area (Å²) < 4.78 is 5.71. The van der Waals surface area contributed by atoms with Gasteiger partial charge in [-0.05, 0) is 26.2 Å². The molecule has 0 aromatic carbocycles. The maximum atomic E-state index is 12.3. The van der Waals surface area contributed by atoms with Gasteiger partial charge in [0.2, 0.25) is 11.0 Å². The van der Waals surface area contributed by atoms with Crippen LogP contribution in [0.25, 0.3) is 0 Å². The number of piperidine rings is 1. The van der Waals surface area contributed by atoms with E-state index in [4.69, 9.17) is 10.5 Å². The van der Waals surface area contributed by atoms with Crippen molar-refractivity contribution in [1.29, 1.82) is 0 Å². The summed E-state index contributed by atoms with van der Waals surface area (Å²) in [5, 5.41) is 7.94. The van der Waals surface area contributed by atoms with Crippen molar-refractivity contribution in [3.63, 3.8) is 0 Å². The molecule has 1 amide bonds. The molecule has 1 aliphatic rings. The van der Waals surface area contributed by atoms with Gasteiger partial charge in [-0.1, -0.05) is 23.1 Å². The molecule has 0 aliphatic carbocycles. The van der Waals surface area contributed by atoms with Crippen LogP contribution >= 0.6 is 23.1 Å². The molecule has 1 aliphatic heterocycles. The fourth-order valence-corrected chi connectivity index (χ4v) is 3.72. The van der Waals surface area contributed by atoms with Crippen LogP contribution in [0.5, 0.6) is 0 Å². The van der Waals surface area contributed by atoms with Crippen molar-refractivity contribution in [2.45, 2.75) is 36.6 Å². The number of nitrogens with zero attached hydrogens (tertiary/aromatic N) is 3. The topological polar surface area (TPSA) is 98.4 Å². The fraction of sp³-hybridized carbons (Fsp3) is 0.667. The lowest BCUT2D eigenvalue weighted by atomic mass is 10.0. The lowest BCUT2D eigenvalue weighted by molar-refractivity contribution is -0.155. The second-order valence-corrected chi connectivity index (χ2v) is 6.78. The van der Waals surface area contributed by atoms with Crippen molar-refractivity contribution in [2.75, 3.05) is 24.6 Å². The van der Waals surface area contributed by atoms with E-state index in [2.05, 4.69) is 10.2 Å². The Kier molecular flexibility index (Phi) is 5.80. The van der Waals surface area contributed by atoms with Crippen molar-refractivity contribution in [3.05, 3.63) is 0 Å². The molecule has 0 saturated carbocycles. The summed E-state index contributed by atoms with van der Waals surface area (Å²) in [6, 6.07) is -0.453. The number of anilines is 1. The quantitative estimate of drug-likeness (QED) is 0.639. The Morgan fingerprint density at radius 1 is 1.48 bits per heavy atom. The van der Waals surface area contributed by atoms with Crippen molar-refractivity contribution in [2.24, 2.45) is 0 Å². The summed E-state index contributed by atoms with van der Waals surface area (Å²) in [7, 11) is 0. The van der Waals surface area contributed by atoms with E-state index in [0.29, 0.717) is 29.0 Å². The number of amides is 1. The van der Waals surface area contributed by atoms with E-state index in [1.54, 1.807) is 11.8 Å². The number of nitrogens with two attached hydrogens (primary N) is 1. The predicted octanol–water partition coefficient (Wildman–Crippen LogP) is 1.16. The van der Waals surface area contributed by atoms with Crippen LogP contribution in [-0.2, 0) is 14.3 Å². The number of likely N-dealkylation sites (tertiary alicyclic amines) is 1. The molecule has 21 heavy (non-hydrogen) atoms. The van der Waals surface area contributed by atoms with E-state index in [1.807, 2.05) is 0 Å². The maximum Gasteiger partial charge on any atom is 0.328 e. The van der Waals surface area contributed by atoms with Gasteiger partial charge in [0.15, 0.2) is 4.34 Å². The number of rotatable bonds is 5. The molecule has 116 valence electrons. The normalized spacial score (nSPS) is 18.5. The van der Waals surface area contributed by atoms with Crippen LogP contribution in [0.2, 0.25) is 0 Å². The minimum absolute atomic E-state index is 0.0773. The molecule has 0 spiro atoms. The van der Waals surface area contributed by atoms with Crippen LogP contribution in [-0.4, -0.2) is 51.9 Å². The Bertz CT molecular complexity index is 508. The highest BCUT2D eigenvalue weighted by atomic mass is 32.2. The van der Waals surface area contributed by atoms with Gasteiger partial charge < -0.3 is 15.4 Å². The first-order chi connectivity index (χ1) is 10.1. The average Bonchev–Trinajstić information content (AvgIpc) is 2.90. The third-order valence-electron chi connectivity index (χ3n) is 3.12. The van der Waals surface area contributed by atoms with Gasteiger partial charge in [0.25, 0.3) is 0 Å². The Balaban J connectivity index is 1.93. The van der Waals surface area contributed by atoms with Gasteiger partial charge in [-0.2, -0.15) is 0 Å². The SMILES string of the molecule is CCOC(=O)[C@H]1CCCCN1C(=O)CSc1nnc(N)s1. The summed E-state index contributed by atoms with van der Waals surface area (Å²) in [5.41, 5.74) is 5.50. The predicted molar refractivity (Wildman–Crippen MR) is 81.0 cm³/mol. The summed E-state index contributed by atoms with van der Waals surface area (Å²) in [5.74, 6) is -0.160. The first kappa shape index (κ1) is 16.0. The average molecular weight is 330 g/mol. The molecular weight excluding hydrogens is 312 g/mol. The summed E-state index contributed by atoms with van der Waals surface area (Å²) in [6.45, 7) is 2.69. The van der Waals surface area contributed by atoms with E-state index in [-0.39, 0.29) is 17.6 Å². The van der Waals surface area contributed by atoms with Crippen LogP contribution in [0.15, 0.2) is 4.34 Å². The number of aromatic nitrogens is 2. The van der Waals surface area contributed by atoms with Crippen molar-refractivity contribution in [1.82, 2.24) is 15.1 Å².